The van der Waals surface area contributed by atoms with Crippen LogP contribution in [0.5, 0.6) is 0 Å². The highest BCUT2D eigenvalue weighted by atomic mass is 19.4. The number of benzene rings is 2. The van der Waals surface area contributed by atoms with E-state index in [2.05, 4.69) is 5.32 Å². The molecule has 0 aliphatic carbocycles. The molecular weight excluding hydrogens is 343 g/mol. The molecule has 3 nitrogen and oxygen atoms in total. The number of aryl methyl sites for hydroxylation is 1. The Hall–Kier alpha value is -2.34. The standard InChI is InChI=1S/C20H22F3NO2/c1-3-26-19(25)12-18(15-10-8-14(2)9-11-15)24-13-16-6-4-5-7-17(16)20(21,22)23/h4-11,18,24H,3,12-13H2,1-2H3. The van der Waals surface area contributed by atoms with Gasteiger partial charge in [0.1, 0.15) is 0 Å². The van der Waals surface area contributed by atoms with Gasteiger partial charge in [0, 0.05) is 12.6 Å². The van der Waals surface area contributed by atoms with E-state index in [0.717, 1.165) is 17.2 Å². The molecule has 6 heteroatoms. The lowest BCUT2D eigenvalue weighted by atomic mass is 10.0. The van der Waals surface area contributed by atoms with E-state index in [4.69, 9.17) is 4.74 Å². The average molecular weight is 365 g/mol. The van der Waals surface area contributed by atoms with E-state index < -0.39 is 23.8 Å². The van der Waals surface area contributed by atoms with Crippen LogP contribution in [-0.4, -0.2) is 12.6 Å². The summed E-state index contributed by atoms with van der Waals surface area (Å²) in [6.45, 7) is 3.91. The van der Waals surface area contributed by atoms with E-state index in [1.54, 1.807) is 13.0 Å². The van der Waals surface area contributed by atoms with Crippen LogP contribution in [0.1, 0.15) is 41.6 Å². The molecule has 0 saturated carbocycles. The Labute approximate surface area is 151 Å². The van der Waals surface area contributed by atoms with Gasteiger partial charge in [0.2, 0.25) is 0 Å². The molecule has 0 aliphatic heterocycles. The lowest BCUT2D eigenvalue weighted by Crippen LogP contribution is -2.25. The van der Waals surface area contributed by atoms with Gasteiger partial charge in [-0.2, -0.15) is 13.2 Å². The van der Waals surface area contributed by atoms with Gasteiger partial charge in [0.25, 0.3) is 0 Å². The Bertz CT molecular complexity index is 727. The summed E-state index contributed by atoms with van der Waals surface area (Å²) in [7, 11) is 0. The van der Waals surface area contributed by atoms with E-state index in [0.29, 0.717) is 0 Å². The summed E-state index contributed by atoms with van der Waals surface area (Å²) < 4.78 is 44.4. The molecule has 0 amide bonds. The van der Waals surface area contributed by atoms with Gasteiger partial charge in [-0.1, -0.05) is 48.0 Å². The molecule has 0 fully saturated rings. The minimum atomic E-state index is -4.42. The van der Waals surface area contributed by atoms with Crippen molar-refractivity contribution in [2.24, 2.45) is 0 Å². The number of ether oxygens (including phenoxy) is 1. The van der Waals surface area contributed by atoms with Crippen molar-refractivity contribution in [1.82, 2.24) is 5.32 Å². The summed E-state index contributed by atoms with van der Waals surface area (Å²) in [4.78, 5) is 11.9. The third kappa shape index (κ3) is 5.59. The van der Waals surface area contributed by atoms with Crippen molar-refractivity contribution in [2.75, 3.05) is 6.61 Å². The van der Waals surface area contributed by atoms with Crippen LogP contribution >= 0.6 is 0 Å². The molecule has 2 rings (SSSR count). The number of esters is 1. The van der Waals surface area contributed by atoms with Crippen LogP contribution in [0.25, 0.3) is 0 Å². The lowest BCUT2D eigenvalue weighted by Gasteiger charge is -2.20. The SMILES string of the molecule is CCOC(=O)CC(NCc1ccccc1C(F)(F)F)c1ccc(C)cc1. The number of rotatable bonds is 7. The summed E-state index contributed by atoms with van der Waals surface area (Å²) in [5, 5.41) is 3.07. The summed E-state index contributed by atoms with van der Waals surface area (Å²) in [6, 6.07) is 12.5. The first kappa shape index (κ1) is 20.0. The van der Waals surface area contributed by atoms with Gasteiger partial charge in [-0.25, -0.2) is 0 Å². The van der Waals surface area contributed by atoms with Crippen molar-refractivity contribution in [3.63, 3.8) is 0 Å². The first-order chi connectivity index (χ1) is 12.3. The normalized spacial score (nSPS) is 12.7. The minimum absolute atomic E-state index is 0.00632. The number of hydrogen-bond donors (Lipinski definition) is 1. The Morgan fingerprint density at radius 2 is 1.77 bits per heavy atom. The molecule has 0 saturated heterocycles. The first-order valence-corrected chi connectivity index (χ1v) is 8.42. The predicted octanol–water partition coefficient (Wildman–Crippen LogP) is 4.80. The Kier molecular flexibility index (Phi) is 6.80. The zero-order valence-electron chi connectivity index (χ0n) is 14.8. The quantitative estimate of drug-likeness (QED) is 0.717. The Balaban J connectivity index is 2.19. The van der Waals surface area contributed by atoms with E-state index in [9.17, 15) is 18.0 Å². The van der Waals surface area contributed by atoms with Gasteiger partial charge in [0.05, 0.1) is 18.6 Å². The van der Waals surface area contributed by atoms with Crippen molar-refractivity contribution < 1.29 is 22.7 Å². The molecule has 0 aliphatic rings. The molecule has 0 aromatic heterocycles. The summed E-state index contributed by atoms with van der Waals surface area (Å²) >= 11 is 0. The monoisotopic (exact) mass is 365 g/mol. The minimum Gasteiger partial charge on any atom is -0.466 e. The van der Waals surface area contributed by atoms with Gasteiger partial charge < -0.3 is 10.1 Å². The molecule has 26 heavy (non-hydrogen) atoms. The zero-order valence-corrected chi connectivity index (χ0v) is 14.8. The van der Waals surface area contributed by atoms with E-state index in [1.165, 1.54) is 12.1 Å². The van der Waals surface area contributed by atoms with Crippen LogP contribution in [0.2, 0.25) is 0 Å². The number of hydrogen-bond acceptors (Lipinski definition) is 3. The van der Waals surface area contributed by atoms with Crippen molar-refractivity contribution >= 4 is 5.97 Å². The molecule has 0 spiro atoms. The van der Waals surface area contributed by atoms with Gasteiger partial charge in [-0.3, -0.25) is 4.79 Å². The zero-order chi connectivity index (χ0) is 19.2. The topological polar surface area (TPSA) is 38.3 Å². The Morgan fingerprint density at radius 1 is 1.12 bits per heavy atom. The van der Waals surface area contributed by atoms with Crippen molar-refractivity contribution in [2.45, 2.75) is 39.0 Å². The maximum Gasteiger partial charge on any atom is 0.416 e. The summed E-state index contributed by atoms with van der Waals surface area (Å²) in [5.74, 6) is -0.394. The van der Waals surface area contributed by atoms with Crippen LogP contribution < -0.4 is 5.32 Å². The molecule has 0 bridgehead atoms. The third-order valence-corrected chi connectivity index (χ3v) is 4.02. The summed E-state index contributed by atoms with van der Waals surface area (Å²) in [6.07, 6.45) is -4.37. The maximum absolute atomic E-state index is 13.1. The smallest absolute Gasteiger partial charge is 0.416 e. The summed E-state index contributed by atoms with van der Waals surface area (Å²) in [5.41, 5.74) is 1.35. The number of carbonyl (C=O) groups excluding carboxylic acids is 1. The second kappa shape index (κ2) is 8.85. The molecule has 140 valence electrons. The van der Waals surface area contributed by atoms with Crippen molar-refractivity contribution in [3.8, 4) is 0 Å². The highest BCUT2D eigenvalue weighted by molar-refractivity contribution is 5.70. The molecule has 0 heterocycles. The van der Waals surface area contributed by atoms with E-state index in [1.807, 2.05) is 31.2 Å². The van der Waals surface area contributed by atoms with Gasteiger partial charge in [-0.05, 0) is 31.0 Å². The largest absolute Gasteiger partial charge is 0.466 e. The molecule has 0 radical (unpaired) electrons. The first-order valence-electron chi connectivity index (χ1n) is 8.42. The highest BCUT2D eigenvalue weighted by Gasteiger charge is 2.33. The molecular formula is C20H22F3NO2. The van der Waals surface area contributed by atoms with E-state index in [-0.39, 0.29) is 25.1 Å². The molecule has 2 aromatic rings. The molecule has 2 aromatic carbocycles. The number of alkyl halides is 3. The fourth-order valence-corrected chi connectivity index (χ4v) is 2.68. The van der Waals surface area contributed by atoms with Crippen LogP contribution in [0.3, 0.4) is 0 Å². The molecule has 1 atom stereocenters. The van der Waals surface area contributed by atoms with Gasteiger partial charge in [-0.15, -0.1) is 0 Å². The fraction of sp³-hybridized carbons (Fsp3) is 0.350. The second-order valence-corrected chi connectivity index (χ2v) is 6.01. The molecule has 1 unspecified atom stereocenters. The number of halogens is 3. The predicted molar refractivity (Wildman–Crippen MR) is 93.5 cm³/mol. The average Bonchev–Trinajstić information content (AvgIpc) is 2.59. The lowest BCUT2D eigenvalue weighted by molar-refractivity contribution is -0.144. The van der Waals surface area contributed by atoms with E-state index >= 15 is 0 Å². The third-order valence-electron chi connectivity index (χ3n) is 4.02. The van der Waals surface area contributed by atoms with Crippen molar-refractivity contribution in [3.05, 3.63) is 70.8 Å². The Morgan fingerprint density at radius 3 is 2.38 bits per heavy atom. The maximum atomic E-state index is 13.1. The van der Waals surface area contributed by atoms with Crippen LogP contribution in [0, 0.1) is 6.92 Å². The van der Waals surface area contributed by atoms with Gasteiger partial charge in [0.15, 0.2) is 0 Å². The molecule has 1 N–H and O–H groups in total. The second-order valence-electron chi connectivity index (χ2n) is 6.01. The van der Waals surface area contributed by atoms with Crippen LogP contribution in [-0.2, 0) is 22.3 Å². The van der Waals surface area contributed by atoms with Gasteiger partial charge >= 0.3 is 12.1 Å². The fourth-order valence-electron chi connectivity index (χ4n) is 2.68. The van der Waals surface area contributed by atoms with Crippen molar-refractivity contribution in [1.29, 1.82) is 0 Å². The van der Waals surface area contributed by atoms with Crippen LogP contribution in [0.4, 0.5) is 13.2 Å². The highest BCUT2D eigenvalue weighted by Crippen LogP contribution is 2.32. The van der Waals surface area contributed by atoms with Crippen LogP contribution in [0.15, 0.2) is 48.5 Å². The number of nitrogens with one attached hydrogen (secondary N) is 1. The number of carbonyl (C=O) groups is 1.